The Morgan fingerprint density at radius 2 is 1.30 bits per heavy atom. The summed E-state index contributed by atoms with van der Waals surface area (Å²) in [5.41, 5.74) is 3.00. The number of rotatable bonds is 4. The van der Waals surface area contributed by atoms with E-state index in [1.165, 1.54) is 0 Å². The van der Waals surface area contributed by atoms with Crippen molar-refractivity contribution >= 4 is 15.5 Å². The van der Waals surface area contributed by atoms with Crippen molar-refractivity contribution in [3.63, 3.8) is 0 Å². The largest absolute Gasteiger partial charge is 0.371 e. The number of hydrogen-bond acceptors (Lipinski definition) is 3. The van der Waals surface area contributed by atoms with E-state index in [0.717, 1.165) is 16.8 Å². The van der Waals surface area contributed by atoms with Gasteiger partial charge in [-0.3, -0.25) is 0 Å². The maximum Gasteiger partial charge on any atom is 0.196 e. The average molecular weight is 326 g/mol. The van der Waals surface area contributed by atoms with Crippen LogP contribution in [0.2, 0.25) is 0 Å². The Kier molecular flexibility index (Phi) is 5.87. The molecule has 1 radical (unpaired) electrons. The van der Waals surface area contributed by atoms with Gasteiger partial charge in [0.05, 0.1) is 4.90 Å². The maximum atomic E-state index is 12.1. The normalized spacial score (nSPS) is 10.7. The maximum absolute atomic E-state index is 12.1. The van der Waals surface area contributed by atoms with Crippen LogP contribution in [0.4, 0.5) is 5.69 Å². The number of hydrogen-bond donors (Lipinski definition) is 1. The van der Waals surface area contributed by atoms with Crippen LogP contribution in [0.1, 0.15) is 11.1 Å². The molecular formula is C15H17NO2SV. The number of anilines is 1. The Labute approximate surface area is 132 Å². The van der Waals surface area contributed by atoms with Gasteiger partial charge in [-0.15, -0.1) is 0 Å². The Morgan fingerprint density at radius 3 is 1.80 bits per heavy atom. The minimum atomic E-state index is -3.30. The zero-order chi connectivity index (χ0) is 13.9. The molecule has 0 aliphatic carbocycles. The van der Waals surface area contributed by atoms with E-state index in [9.17, 15) is 8.42 Å². The molecule has 3 nitrogen and oxygen atoms in total. The van der Waals surface area contributed by atoms with Crippen molar-refractivity contribution in [1.82, 2.24) is 0 Å². The second kappa shape index (κ2) is 6.98. The first-order valence-electron chi connectivity index (χ1n) is 6.07. The molecule has 105 valence electrons. The fourth-order valence-electron chi connectivity index (χ4n) is 1.68. The summed E-state index contributed by atoms with van der Waals surface area (Å²) in [6.07, 6.45) is 0. The molecule has 0 saturated carbocycles. The molecule has 0 aliphatic rings. The predicted octanol–water partition coefficient (Wildman–Crippen LogP) is 3.14. The van der Waals surface area contributed by atoms with Gasteiger partial charge in [-0.25, -0.2) is 8.42 Å². The van der Waals surface area contributed by atoms with Gasteiger partial charge in [0, 0.05) is 24.2 Å². The first-order chi connectivity index (χ1) is 8.97. The van der Waals surface area contributed by atoms with Crippen molar-refractivity contribution < 1.29 is 27.0 Å². The van der Waals surface area contributed by atoms with Crippen LogP contribution in [0.25, 0.3) is 0 Å². The zero-order valence-corrected chi connectivity index (χ0v) is 13.7. The first kappa shape index (κ1) is 16.8. The molecule has 0 aromatic heterocycles. The van der Waals surface area contributed by atoms with Crippen LogP contribution in [-0.4, -0.2) is 14.3 Å². The third kappa shape index (κ3) is 4.41. The van der Waals surface area contributed by atoms with Crippen LogP contribution < -0.4 is 5.32 Å². The number of benzene rings is 2. The van der Waals surface area contributed by atoms with Crippen LogP contribution in [0.3, 0.4) is 0 Å². The summed E-state index contributed by atoms with van der Waals surface area (Å²) in [5, 5.41) is 2.94. The third-order valence-electron chi connectivity index (χ3n) is 2.90. The Balaban J connectivity index is 0.00000200. The summed E-state index contributed by atoms with van der Waals surface area (Å²) in [6.45, 7) is 3.92. The van der Waals surface area contributed by atoms with Gasteiger partial charge < -0.3 is 5.32 Å². The number of aryl methyl sites for hydroxylation is 2. The third-order valence-corrected chi connectivity index (χ3v) is 4.41. The molecule has 2 aromatic rings. The zero-order valence-electron chi connectivity index (χ0n) is 11.5. The molecule has 0 aliphatic heterocycles. The molecule has 0 heterocycles. The molecule has 0 unspecified atom stereocenters. The fraction of sp³-hybridized carbons (Fsp3) is 0.200. The van der Waals surface area contributed by atoms with Gasteiger partial charge in [0.15, 0.2) is 9.84 Å². The van der Waals surface area contributed by atoms with Gasteiger partial charge >= 0.3 is 0 Å². The molecule has 0 fully saturated rings. The van der Waals surface area contributed by atoms with Gasteiger partial charge in [-0.1, -0.05) is 35.4 Å². The van der Waals surface area contributed by atoms with E-state index in [1.807, 2.05) is 38.1 Å². The summed E-state index contributed by atoms with van der Waals surface area (Å²) < 4.78 is 24.2. The van der Waals surface area contributed by atoms with E-state index >= 15 is 0 Å². The monoisotopic (exact) mass is 326 g/mol. The molecular weight excluding hydrogens is 309 g/mol. The van der Waals surface area contributed by atoms with Crippen molar-refractivity contribution in [3.05, 3.63) is 59.7 Å². The smallest absolute Gasteiger partial charge is 0.196 e. The Bertz CT molecular complexity index is 649. The van der Waals surface area contributed by atoms with Crippen LogP contribution in [0.5, 0.6) is 0 Å². The van der Waals surface area contributed by atoms with Gasteiger partial charge in [0.2, 0.25) is 0 Å². The average Bonchev–Trinajstić information content (AvgIpc) is 2.39. The molecule has 20 heavy (non-hydrogen) atoms. The summed E-state index contributed by atoms with van der Waals surface area (Å²) >= 11 is 0. The van der Waals surface area contributed by atoms with Crippen LogP contribution in [-0.2, 0) is 28.4 Å². The van der Waals surface area contributed by atoms with E-state index in [1.54, 1.807) is 24.3 Å². The molecule has 0 spiro atoms. The van der Waals surface area contributed by atoms with Gasteiger partial charge in [0.1, 0.15) is 5.88 Å². The van der Waals surface area contributed by atoms with Crippen molar-refractivity contribution in [2.75, 3.05) is 11.2 Å². The molecule has 1 N–H and O–H groups in total. The van der Waals surface area contributed by atoms with E-state index < -0.39 is 9.84 Å². The first-order valence-corrected chi connectivity index (χ1v) is 7.72. The van der Waals surface area contributed by atoms with Crippen LogP contribution >= 0.6 is 0 Å². The van der Waals surface area contributed by atoms with E-state index in [2.05, 4.69) is 5.32 Å². The van der Waals surface area contributed by atoms with Crippen LogP contribution in [0, 0.1) is 13.8 Å². The molecule has 5 heteroatoms. The summed E-state index contributed by atoms with van der Waals surface area (Å²) in [7, 11) is -3.30. The Hall–Kier alpha value is -1.23. The molecule has 2 aromatic carbocycles. The van der Waals surface area contributed by atoms with Crippen molar-refractivity contribution in [2.45, 2.75) is 18.7 Å². The van der Waals surface area contributed by atoms with Crippen molar-refractivity contribution in [3.8, 4) is 0 Å². The van der Waals surface area contributed by atoms with Gasteiger partial charge in [-0.05, 0) is 38.1 Å². The minimum absolute atomic E-state index is 0. The summed E-state index contributed by atoms with van der Waals surface area (Å²) in [6, 6.07) is 14.5. The molecule has 0 saturated heterocycles. The van der Waals surface area contributed by atoms with Gasteiger partial charge in [0.25, 0.3) is 0 Å². The predicted molar refractivity (Wildman–Crippen MR) is 78.0 cm³/mol. The minimum Gasteiger partial charge on any atom is -0.371 e. The molecule has 0 amide bonds. The quantitative estimate of drug-likeness (QED) is 0.939. The summed E-state index contributed by atoms with van der Waals surface area (Å²) in [5.74, 6) is -0.0981. The number of sulfone groups is 1. The van der Waals surface area contributed by atoms with Crippen molar-refractivity contribution in [1.29, 1.82) is 0 Å². The van der Waals surface area contributed by atoms with Crippen LogP contribution in [0.15, 0.2) is 53.4 Å². The molecule has 0 bridgehead atoms. The van der Waals surface area contributed by atoms with E-state index in [-0.39, 0.29) is 24.4 Å². The van der Waals surface area contributed by atoms with Crippen molar-refractivity contribution in [2.24, 2.45) is 0 Å². The SMILES string of the molecule is Cc1ccc(NCS(=O)(=O)c2ccc(C)cc2)cc1.[V]. The second-order valence-electron chi connectivity index (χ2n) is 4.61. The van der Waals surface area contributed by atoms with Gasteiger partial charge in [-0.2, -0.15) is 0 Å². The molecule has 2 rings (SSSR count). The second-order valence-corrected chi connectivity index (χ2v) is 6.60. The number of nitrogens with one attached hydrogen (secondary N) is 1. The topological polar surface area (TPSA) is 46.2 Å². The van der Waals surface area contributed by atoms with E-state index in [4.69, 9.17) is 0 Å². The fourth-order valence-corrected chi connectivity index (χ4v) is 2.75. The standard InChI is InChI=1S/C15H17NO2S.V/c1-12-3-7-14(8-4-12)16-11-19(17,18)15-9-5-13(2)6-10-15;/h3-10,16H,11H2,1-2H3;. The Morgan fingerprint density at radius 1 is 0.850 bits per heavy atom. The summed E-state index contributed by atoms with van der Waals surface area (Å²) in [4.78, 5) is 0.345. The molecule has 0 atom stereocenters. The van der Waals surface area contributed by atoms with E-state index in [0.29, 0.717) is 4.90 Å².